The molecule has 0 spiro atoms. The molecule has 3 N–H and O–H groups in total. The quantitative estimate of drug-likeness (QED) is 0.520. The first-order valence-electron chi connectivity index (χ1n) is 6.51. The smallest absolute Gasteiger partial charge is 0.137 e. The summed E-state index contributed by atoms with van der Waals surface area (Å²) in [5.41, 5.74) is 4.88. The number of nitrogens with zero attached hydrogens (tertiary/aromatic N) is 1. The van der Waals surface area contributed by atoms with Gasteiger partial charge in [0.05, 0.1) is 6.61 Å². The van der Waals surface area contributed by atoms with E-state index in [0.717, 1.165) is 38.8 Å². The van der Waals surface area contributed by atoms with E-state index >= 15 is 0 Å². The van der Waals surface area contributed by atoms with Crippen LogP contribution in [0.15, 0.2) is 48.8 Å². The number of hydrogen-bond donors (Lipinski definition) is 3. The summed E-state index contributed by atoms with van der Waals surface area (Å²) >= 11 is 0. The van der Waals surface area contributed by atoms with Gasteiger partial charge in [-0.3, -0.25) is 0 Å². The van der Waals surface area contributed by atoms with Crippen LogP contribution in [0.3, 0.4) is 0 Å². The van der Waals surface area contributed by atoms with Crippen LogP contribution in [0.25, 0.3) is 33.2 Å². The fourth-order valence-corrected chi connectivity index (χ4v) is 2.71. The van der Waals surface area contributed by atoms with Gasteiger partial charge in [0, 0.05) is 39.9 Å². The van der Waals surface area contributed by atoms with Crippen molar-refractivity contribution in [3.63, 3.8) is 0 Å². The topological polar surface area (TPSA) is 64.7 Å². The number of aromatic nitrogens is 3. The Morgan fingerprint density at radius 2 is 2.10 bits per heavy atom. The molecule has 0 saturated carbocycles. The Morgan fingerprint density at radius 1 is 1.15 bits per heavy atom. The zero-order valence-corrected chi connectivity index (χ0v) is 10.7. The molecule has 0 aliphatic rings. The minimum absolute atomic E-state index is 0.0284. The number of benzene rings is 1. The number of H-pyrrole nitrogens is 2. The second-order valence-electron chi connectivity index (χ2n) is 4.82. The van der Waals surface area contributed by atoms with E-state index in [1.807, 2.05) is 36.5 Å². The number of aromatic amines is 2. The molecular weight excluding hydrogens is 250 g/mol. The van der Waals surface area contributed by atoms with Crippen molar-refractivity contribution >= 4 is 21.9 Å². The van der Waals surface area contributed by atoms with E-state index in [-0.39, 0.29) is 6.61 Å². The van der Waals surface area contributed by atoms with Gasteiger partial charge >= 0.3 is 0 Å². The molecule has 3 aromatic heterocycles. The van der Waals surface area contributed by atoms with Crippen LogP contribution in [0.4, 0.5) is 0 Å². The molecule has 0 aliphatic carbocycles. The van der Waals surface area contributed by atoms with Gasteiger partial charge in [-0.05, 0) is 29.8 Å². The summed E-state index contributed by atoms with van der Waals surface area (Å²) in [7, 11) is 0. The molecule has 0 radical (unpaired) electrons. The van der Waals surface area contributed by atoms with E-state index in [1.54, 1.807) is 6.20 Å². The Kier molecular flexibility index (Phi) is 2.37. The number of aliphatic hydroxyl groups excluding tert-OH is 1. The summed E-state index contributed by atoms with van der Waals surface area (Å²) in [5, 5.41) is 11.7. The molecule has 0 fully saturated rings. The van der Waals surface area contributed by atoms with E-state index in [9.17, 15) is 5.11 Å². The standard InChI is InChI=1S/C16H13N3O/c20-9-11-3-1-5-13-15(11)12(8-18-13)14-7-10-4-2-6-17-16(10)19-14/h1-8,18,20H,9H2,(H,17,19). The van der Waals surface area contributed by atoms with Gasteiger partial charge in [-0.2, -0.15) is 0 Å². The third kappa shape index (κ3) is 1.55. The number of fused-ring (bicyclic) bond motifs is 2. The first-order valence-corrected chi connectivity index (χ1v) is 6.51. The van der Waals surface area contributed by atoms with Crippen LogP contribution in [0.1, 0.15) is 5.56 Å². The highest BCUT2D eigenvalue weighted by atomic mass is 16.3. The minimum Gasteiger partial charge on any atom is -0.392 e. The molecule has 0 atom stereocenters. The SMILES string of the molecule is OCc1cccc2[nH]cc(-c3cc4cccnc4[nH]3)c12. The highest BCUT2D eigenvalue weighted by Crippen LogP contribution is 2.32. The Labute approximate surface area is 115 Å². The molecule has 0 saturated heterocycles. The first-order chi connectivity index (χ1) is 9.86. The van der Waals surface area contributed by atoms with Crippen molar-refractivity contribution in [1.29, 1.82) is 0 Å². The molecule has 0 bridgehead atoms. The van der Waals surface area contributed by atoms with Crippen molar-refractivity contribution in [2.75, 3.05) is 0 Å². The lowest BCUT2D eigenvalue weighted by Crippen LogP contribution is -1.85. The van der Waals surface area contributed by atoms with E-state index in [1.165, 1.54) is 0 Å². The third-order valence-corrected chi connectivity index (χ3v) is 3.64. The fourth-order valence-electron chi connectivity index (χ4n) is 2.71. The van der Waals surface area contributed by atoms with Crippen molar-refractivity contribution < 1.29 is 5.11 Å². The van der Waals surface area contributed by atoms with E-state index in [4.69, 9.17) is 0 Å². The molecule has 4 aromatic rings. The van der Waals surface area contributed by atoms with Crippen molar-refractivity contribution in [1.82, 2.24) is 15.0 Å². The van der Waals surface area contributed by atoms with Crippen LogP contribution >= 0.6 is 0 Å². The summed E-state index contributed by atoms with van der Waals surface area (Å²) in [6.45, 7) is 0.0284. The second kappa shape index (κ2) is 4.21. The number of pyridine rings is 1. The Hall–Kier alpha value is -2.59. The van der Waals surface area contributed by atoms with Gasteiger partial charge in [-0.1, -0.05) is 12.1 Å². The summed E-state index contributed by atoms with van der Waals surface area (Å²) in [5.74, 6) is 0. The van der Waals surface area contributed by atoms with Gasteiger partial charge < -0.3 is 15.1 Å². The summed E-state index contributed by atoms with van der Waals surface area (Å²) < 4.78 is 0. The highest BCUT2D eigenvalue weighted by molar-refractivity contribution is 5.99. The molecule has 4 rings (SSSR count). The minimum atomic E-state index is 0.0284. The lowest BCUT2D eigenvalue weighted by molar-refractivity contribution is 0.283. The van der Waals surface area contributed by atoms with Gasteiger partial charge in [-0.15, -0.1) is 0 Å². The van der Waals surface area contributed by atoms with E-state index in [0.29, 0.717) is 0 Å². The Balaban J connectivity index is 2.02. The molecule has 20 heavy (non-hydrogen) atoms. The average Bonchev–Trinajstić information content (AvgIpc) is 3.10. The van der Waals surface area contributed by atoms with E-state index in [2.05, 4.69) is 21.0 Å². The molecule has 0 aliphatic heterocycles. The van der Waals surface area contributed by atoms with Crippen LogP contribution in [-0.4, -0.2) is 20.1 Å². The monoisotopic (exact) mass is 263 g/mol. The Bertz CT molecular complexity index is 871. The predicted octanol–water partition coefficient (Wildman–Crippen LogP) is 3.20. The lowest BCUT2D eigenvalue weighted by Gasteiger charge is -2.01. The van der Waals surface area contributed by atoms with Crippen molar-refractivity contribution in [2.24, 2.45) is 0 Å². The highest BCUT2D eigenvalue weighted by Gasteiger charge is 2.12. The summed E-state index contributed by atoms with van der Waals surface area (Å²) in [6, 6.07) is 11.9. The molecule has 4 heteroatoms. The first kappa shape index (κ1) is 11.3. The average molecular weight is 263 g/mol. The number of hydrogen-bond acceptors (Lipinski definition) is 2. The van der Waals surface area contributed by atoms with Crippen molar-refractivity contribution in [2.45, 2.75) is 6.61 Å². The molecular formula is C16H13N3O. The van der Waals surface area contributed by atoms with Crippen molar-refractivity contribution in [3.05, 3.63) is 54.4 Å². The Morgan fingerprint density at radius 3 is 2.95 bits per heavy atom. The second-order valence-corrected chi connectivity index (χ2v) is 4.82. The van der Waals surface area contributed by atoms with Gasteiger partial charge in [0.15, 0.2) is 0 Å². The number of nitrogens with one attached hydrogen (secondary N) is 2. The van der Waals surface area contributed by atoms with Crippen molar-refractivity contribution in [3.8, 4) is 11.3 Å². The zero-order valence-electron chi connectivity index (χ0n) is 10.7. The van der Waals surface area contributed by atoms with Gasteiger partial charge in [0.1, 0.15) is 5.65 Å². The van der Waals surface area contributed by atoms with Gasteiger partial charge in [0.25, 0.3) is 0 Å². The maximum atomic E-state index is 9.53. The maximum absolute atomic E-state index is 9.53. The summed E-state index contributed by atoms with van der Waals surface area (Å²) in [4.78, 5) is 10.9. The van der Waals surface area contributed by atoms with Crippen LogP contribution in [-0.2, 0) is 6.61 Å². The molecule has 1 aromatic carbocycles. The van der Waals surface area contributed by atoms with Crippen LogP contribution in [0.5, 0.6) is 0 Å². The largest absolute Gasteiger partial charge is 0.392 e. The molecule has 0 unspecified atom stereocenters. The molecule has 3 heterocycles. The zero-order chi connectivity index (χ0) is 13.5. The van der Waals surface area contributed by atoms with E-state index < -0.39 is 0 Å². The van der Waals surface area contributed by atoms with Crippen LogP contribution < -0.4 is 0 Å². The lowest BCUT2D eigenvalue weighted by atomic mass is 10.0. The predicted molar refractivity (Wildman–Crippen MR) is 79.3 cm³/mol. The van der Waals surface area contributed by atoms with Crippen LogP contribution in [0.2, 0.25) is 0 Å². The number of aliphatic hydroxyl groups is 1. The normalized spacial score (nSPS) is 11.4. The van der Waals surface area contributed by atoms with Gasteiger partial charge in [-0.25, -0.2) is 4.98 Å². The van der Waals surface area contributed by atoms with Crippen LogP contribution in [0, 0.1) is 0 Å². The fraction of sp³-hybridized carbons (Fsp3) is 0.0625. The van der Waals surface area contributed by atoms with Gasteiger partial charge in [0.2, 0.25) is 0 Å². The molecule has 4 nitrogen and oxygen atoms in total. The molecule has 98 valence electrons. The maximum Gasteiger partial charge on any atom is 0.137 e. The molecule has 0 amide bonds. The summed E-state index contributed by atoms with van der Waals surface area (Å²) in [6.07, 6.45) is 3.74. The third-order valence-electron chi connectivity index (χ3n) is 3.64. The number of rotatable bonds is 2.